The summed E-state index contributed by atoms with van der Waals surface area (Å²) < 4.78 is 2.66. The zero-order valence-corrected chi connectivity index (χ0v) is 15.4. The van der Waals surface area contributed by atoms with Gasteiger partial charge in [-0.1, -0.05) is 36.8 Å². The van der Waals surface area contributed by atoms with E-state index in [2.05, 4.69) is 43.0 Å². The Hall–Kier alpha value is -1.17. The minimum atomic E-state index is 0.346. The largest absolute Gasteiger partial charge is 0.494 e. The van der Waals surface area contributed by atoms with Gasteiger partial charge in [0, 0.05) is 19.5 Å². The van der Waals surface area contributed by atoms with Gasteiger partial charge in [-0.3, -0.25) is 9.47 Å². The molecule has 2 heterocycles. The predicted octanol–water partition coefficient (Wildman–Crippen LogP) is 4.57. The quantitative estimate of drug-likeness (QED) is 0.820. The molecule has 0 spiro atoms. The highest BCUT2D eigenvalue weighted by Gasteiger charge is 2.19. The molecule has 3 rings (SSSR count). The summed E-state index contributed by atoms with van der Waals surface area (Å²) in [6.07, 6.45) is 3.20. The zero-order valence-electron chi connectivity index (χ0n) is 13.8. The second kappa shape index (κ2) is 7.16. The second-order valence-corrected chi connectivity index (χ2v) is 8.38. The molecule has 0 bridgehead atoms. The van der Waals surface area contributed by atoms with E-state index in [4.69, 9.17) is 12.2 Å². The molecule has 0 atom stereocenters. The van der Waals surface area contributed by atoms with Gasteiger partial charge >= 0.3 is 0 Å². The van der Waals surface area contributed by atoms with Gasteiger partial charge in [-0.2, -0.15) is 0 Å². The summed E-state index contributed by atoms with van der Waals surface area (Å²) in [5.74, 6) is 1.16. The van der Waals surface area contributed by atoms with Crippen molar-refractivity contribution in [2.24, 2.45) is 5.92 Å². The van der Waals surface area contributed by atoms with Crippen LogP contribution < -0.4 is 0 Å². The first kappa shape index (κ1) is 16.7. The van der Waals surface area contributed by atoms with Crippen LogP contribution in [0, 0.1) is 16.8 Å². The maximum Gasteiger partial charge on any atom is 0.207 e. The summed E-state index contributed by atoms with van der Waals surface area (Å²) in [6, 6.07) is 8.46. The van der Waals surface area contributed by atoms with Gasteiger partial charge in [0.2, 0.25) is 5.88 Å². The smallest absolute Gasteiger partial charge is 0.207 e. The first-order chi connectivity index (χ1) is 11.0. The van der Waals surface area contributed by atoms with Crippen molar-refractivity contribution in [3.05, 3.63) is 44.2 Å². The molecule has 0 radical (unpaired) electrons. The average molecular weight is 349 g/mol. The Balaban J connectivity index is 1.74. The Morgan fingerprint density at radius 3 is 2.52 bits per heavy atom. The third-order valence-corrected chi connectivity index (χ3v) is 6.08. The second-order valence-electron chi connectivity index (χ2n) is 6.65. The van der Waals surface area contributed by atoms with Crippen molar-refractivity contribution >= 4 is 23.6 Å². The molecule has 1 saturated heterocycles. The van der Waals surface area contributed by atoms with E-state index in [-0.39, 0.29) is 0 Å². The summed E-state index contributed by atoms with van der Waals surface area (Å²) in [5, 5.41) is 10.6. The molecule has 0 amide bonds. The van der Waals surface area contributed by atoms with Gasteiger partial charge in [-0.15, -0.1) is 11.3 Å². The van der Waals surface area contributed by atoms with Gasteiger partial charge < -0.3 is 5.11 Å². The highest BCUT2D eigenvalue weighted by atomic mass is 32.1. The Morgan fingerprint density at radius 2 is 1.87 bits per heavy atom. The van der Waals surface area contributed by atoms with Crippen LogP contribution in [0.2, 0.25) is 0 Å². The number of benzene rings is 1. The summed E-state index contributed by atoms with van der Waals surface area (Å²) in [7, 11) is 0. The highest BCUT2D eigenvalue weighted by Crippen LogP contribution is 2.29. The lowest BCUT2D eigenvalue weighted by molar-refractivity contribution is 0.148. The van der Waals surface area contributed by atoms with Crippen LogP contribution in [-0.2, 0) is 13.1 Å². The van der Waals surface area contributed by atoms with Crippen LogP contribution in [0.15, 0.2) is 24.3 Å². The molecule has 23 heavy (non-hydrogen) atoms. The van der Waals surface area contributed by atoms with Crippen molar-refractivity contribution in [3.63, 3.8) is 0 Å². The zero-order chi connectivity index (χ0) is 16.4. The molecule has 1 aliphatic rings. The van der Waals surface area contributed by atoms with E-state index in [1.807, 2.05) is 4.57 Å². The molecule has 0 unspecified atom stereocenters. The van der Waals surface area contributed by atoms with Crippen LogP contribution in [0.4, 0.5) is 0 Å². The van der Waals surface area contributed by atoms with E-state index < -0.39 is 0 Å². The maximum absolute atomic E-state index is 10.6. The molecule has 124 valence electrons. The molecule has 1 aliphatic heterocycles. The van der Waals surface area contributed by atoms with Crippen molar-refractivity contribution in [2.75, 3.05) is 13.1 Å². The maximum atomic E-state index is 10.6. The SMILES string of the molecule is Cc1ccc(Cc2sc(=S)n(CN3CCC(C)CC3)c2O)cc1. The van der Waals surface area contributed by atoms with Gasteiger partial charge in [0.25, 0.3) is 0 Å². The minimum Gasteiger partial charge on any atom is -0.494 e. The molecule has 1 aromatic carbocycles. The minimum absolute atomic E-state index is 0.346. The van der Waals surface area contributed by atoms with Crippen LogP contribution in [0.25, 0.3) is 0 Å². The fraction of sp³-hybridized carbons (Fsp3) is 0.500. The fourth-order valence-electron chi connectivity index (χ4n) is 2.98. The predicted molar refractivity (Wildman–Crippen MR) is 98.8 cm³/mol. The van der Waals surface area contributed by atoms with Crippen molar-refractivity contribution in [1.29, 1.82) is 0 Å². The van der Waals surface area contributed by atoms with Crippen LogP contribution in [0.5, 0.6) is 5.88 Å². The number of aromatic nitrogens is 1. The van der Waals surface area contributed by atoms with Crippen molar-refractivity contribution in [3.8, 4) is 5.88 Å². The van der Waals surface area contributed by atoms with Crippen molar-refractivity contribution in [2.45, 2.75) is 39.8 Å². The Labute approximate surface area is 147 Å². The Bertz CT molecular complexity index is 710. The first-order valence-corrected chi connectivity index (χ1v) is 9.45. The molecule has 0 saturated carbocycles. The van der Waals surface area contributed by atoms with E-state index in [0.717, 1.165) is 34.3 Å². The number of hydrogen-bond donors (Lipinski definition) is 1. The van der Waals surface area contributed by atoms with Gasteiger partial charge in [-0.05, 0) is 43.5 Å². The number of piperidine rings is 1. The lowest BCUT2D eigenvalue weighted by Crippen LogP contribution is -2.34. The number of hydrogen-bond acceptors (Lipinski definition) is 4. The Morgan fingerprint density at radius 1 is 1.22 bits per heavy atom. The van der Waals surface area contributed by atoms with E-state index in [1.54, 1.807) is 0 Å². The summed E-state index contributed by atoms with van der Waals surface area (Å²) in [5.41, 5.74) is 2.46. The number of likely N-dealkylation sites (tertiary alicyclic amines) is 1. The topological polar surface area (TPSA) is 28.4 Å². The van der Waals surface area contributed by atoms with Crippen LogP contribution >= 0.6 is 23.6 Å². The van der Waals surface area contributed by atoms with E-state index >= 15 is 0 Å². The molecule has 1 fully saturated rings. The molecule has 2 aromatic rings. The molecule has 1 aromatic heterocycles. The van der Waals surface area contributed by atoms with Crippen molar-refractivity contribution < 1.29 is 5.11 Å². The first-order valence-electron chi connectivity index (χ1n) is 8.22. The average Bonchev–Trinajstić information content (AvgIpc) is 2.79. The van der Waals surface area contributed by atoms with E-state index in [1.165, 1.54) is 35.3 Å². The van der Waals surface area contributed by atoms with E-state index in [9.17, 15) is 5.11 Å². The lowest BCUT2D eigenvalue weighted by atomic mass is 10.00. The number of nitrogens with zero attached hydrogens (tertiary/aromatic N) is 2. The third kappa shape index (κ3) is 4.03. The third-order valence-electron chi connectivity index (χ3n) is 4.64. The van der Waals surface area contributed by atoms with Gasteiger partial charge in [0.15, 0.2) is 3.95 Å². The van der Waals surface area contributed by atoms with Gasteiger partial charge in [-0.25, -0.2) is 0 Å². The Kier molecular flexibility index (Phi) is 5.19. The number of thiazole rings is 1. The fourth-order valence-corrected chi connectivity index (χ4v) is 4.33. The molecular weight excluding hydrogens is 324 g/mol. The van der Waals surface area contributed by atoms with Crippen LogP contribution in [-0.4, -0.2) is 27.7 Å². The standard InChI is InChI=1S/C18H24N2OS2/c1-13-3-5-15(6-4-13)11-16-17(21)20(18(22)23-16)12-19-9-7-14(2)8-10-19/h3-6,14,21H,7-12H2,1-2H3. The number of aromatic hydroxyl groups is 1. The van der Waals surface area contributed by atoms with Crippen LogP contribution in [0.1, 0.15) is 35.8 Å². The molecule has 3 nitrogen and oxygen atoms in total. The summed E-state index contributed by atoms with van der Waals surface area (Å²) >= 11 is 7.01. The van der Waals surface area contributed by atoms with Gasteiger partial charge in [0.05, 0.1) is 11.5 Å². The number of aryl methyl sites for hydroxylation is 1. The summed E-state index contributed by atoms with van der Waals surface area (Å²) in [4.78, 5) is 3.35. The van der Waals surface area contributed by atoms with E-state index in [0.29, 0.717) is 12.5 Å². The molecular formula is C18H24N2OS2. The molecule has 5 heteroatoms. The van der Waals surface area contributed by atoms with Gasteiger partial charge in [0.1, 0.15) is 0 Å². The lowest BCUT2D eigenvalue weighted by Gasteiger charge is -2.30. The van der Waals surface area contributed by atoms with Crippen molar-refractivity contribution in [1.82, 2.24) is 9.47 Å². The molecule has 1 N–H and O–H groups in total. The monoisotopic (exact) mass is 348 g/mol. The summed E-state index contributed by atoms with van der Waals surface area (Å²) in [6.45, 7) is 7.28. The normalized spacial score (nSPS) is 16.8. The highest BCUT2D eigenvalue weighted by molar-refractivity contribution is 7.73. The molecule has 0 aliphatic carbocycles. The number of rotatable bonds is 4. The van der Waals surface area contributed by atoms with Crippen LogP contribution in [0.3, 0.4) is 0 Å².